The smallest absolute Gasteiger partial charge is 0.372 e. The van der Waals surface area contributed by atoms with E-state index >= 15 is 0 Å². The predicted molar refractivity (Wildman–Crippen MR) is 71.2 cm³/mol. The molecule has 1 aromatic heterocycles. The van der Waals surface area contributed by atoms with Crippen molar-refractivity contribution in [3.63, 3.8) is 0 Å². The van der Waals surface area contributed by atoms with Crippen LogP contribution < -0.4 is 0 Å². The Bertz CT molecular complexity index is 576. The van der Waals surface area contributed by atoms with Crippen LogP contribution in [0.1, 0.15) is 23.0 Å². The lowest BCUT2D eigenvalue weighted by molar-refractivity contribution is 0.0661. The van der Waals surface area contributed by atoms with Crippen molar-refractivity contribution in [2.75, 3.05) is 19.7 Å². The Hall–Kier alpha value is -1.85. The highest BCUT2D eigenvalue weighted by Gasteiger charge is 2.21. The molecule has 2 rings (SSSR count). The topological polar surface area (TPSA) is 73.9 Å². The molecule has 0 aliphatic rings. The molecule has 0 spiro atoms. The largest absolute Gasteiger partial charge is 0.475 e. The standard InChI is InChI=1S/C14H17NO4/c1-2-15(7-8-16)9-11-10-5-3-4-6-12(10)19-13(11)14(17)18/h3-6,16H,2,7-9H2,1H3,(H,17,18). The van der Waals surface area contributed by atoms with Crippen LogP contribution in [0.4, 0.5) is 0 Å². The fourth-order valence-electron chi connectivity index (χ4n) is 2.14. The molecule has 5 heteroatoms. The van der Waals surface area contributed by atoms with Gasteiger partial charge in [0.15, 0.2) is 0 Å². The van der Waals surface area contributed by atoms with Gasteiger partial charge in [0.2, 0.25) is 5.76 Å². The summed E-state index contributed by atoms with van der Waals surface area (Å²) in [7, 11) is 0. The number of hydrogen-bond acceptors (Lipinski definition) is 4. The molecule has 0 atom stereocenters. The van der Waals surface area contributed by atoms with Gasteiger partial charge in [0, 0.05) is 24.0 Å². The Labute approximate surface area is 111 Å². The lowest BCUT2D eigenvalue weighted by Gasteiger charge is -2.18. The first-order chi connectivity index (χ1) is 9.17. The van der Waals surface area contributed by atoms with Crippen LogP contribution in [0.2, 0.25) is 0 Å². The molecular weight excluding hydrogens is 246 g/mol. The average molecular weight is 263 g/mol. The van der Waals surface area contributed by atoms with Crippen LogP contribution >= 0.6 is 0 Å². The van der Waals surface area contributed by atoms with E-state index < -0.39 is 5.97 Å². The number of carboxylic acid groups (broad SMARTS) is 1. The highest BCUT2D eigenvalue weighted by molar-refractivity contribution is 5.95. The van der Waals surface area contributed by atoms with Gasteiger partial charge in [-0.3, -0.25) is 4.90 Å². The van der Waals surface area contributed by atoms with Crippen LogP contribution in [0.5, 0.6) is 0 Å². The maximum absolute atomic E-state index is 11.3. The van der Waals surface area contributed by atoms with E-state index in [1.807, 2.05) is 30.0 Å². The van der Waals surface area contributed by atoms with Gasteiger partial charge in [-0.15, -0.1) is 0 Å². The lowest BCUT2D eigenvalue weighted by atomic mass is 10.1. The first-order valence-electron chi connectivity index (χ1n) is 6.24. The third kappa shape index (κ3) is 2.77. The van der Waals surface area contributed by atoms with Gasteiger partial charge in [-0.25, -0.2) is 4.79 Å². The molecule has 2 N–H and O–H groups in total. The van der Waals surface area contributed by atoms with Crippen molar-refractivity contribution in [3.05, 3.63) is 35.6 Å². The van der Waals surface area contributed by atoms with Crippen molar-refractivity contribution < 1.29 is 19.4 Å². The van der Waals surface area contributed by atoms with Gasteiger partial charge in [-0.1, -0.05) is 25.1 Å². The summed E-state index contributed by atoms with van der Waals surface area (Å²) in [5.74, 6) is -1.08. The first kappa shape index (κ1) is 13.6. The number of aliphatic hydroxyl groups is 1. The van der Waals surface area contributed by atoms with Crippen LogP contribution in [-0.2, 0) is 6.54 Å². The van der Waals surface area contributed by atoms with Gasteiger partial charge in [-0.2, -0.15) is 0 Å². The van der Waals surface area contributed by atoms with Crippen molar-refractivity contribution in [1.82, 2.24) is 4.90 Å². The molecule has 0 saturated carbocycles. The van der Waals surface area contributed by atoms with Crippen LogP contribution in [-0.4, -0.2) is 40.8 Å². The van der Waals surface area contributed by atoms with Crippen molar-refractivity contribution in [2.24, 2.45) is 0 Å². The van der Waals surface area contributed by atoms with Crippen LogP contribution in [0.15, 0.2) is 28.7 Å². The van der Waals surface area contributed by atoms with Gasteiger partial charge in [-0.05, 0) is 12.6 Å². The first-order valence-corrected chi connectivity index (χ1v) is 6.24. The maximum atomic E-state index is 11.3. The van der Waals surface area contributed by atoms with E-state index in [0.717, 1.165) is 11.9 Å². The maximum Gasteiger partial charge on any atom is 0.372 e. The van der Waals surface area contributed by atoms with Crippen molar-refractivity contribution >= 4 is 16.9 Å². The summed E-state index contributed by atoms with van der Waals surface area (Å²) < 4.78 is 5.40. The molecule has 0 fully saturated rings. The summed E-state index contributed by atoms with van der Waals surface area (Å²) in [5, 5.41) is 19.0. The fourth-order valence-corrected chi connectivity index (χ4v) is 2.14. The van der Waals surface area contributed by atoms with Crippen molar-refractivity contribution in [2.45, 2.75) is 13.5 Å². The minimum Gasteiger partial charge on any atom is -0.475 e. The van der Waals surface area contributed by atoms with Gasteiger partial charge < -0.3 is 14.6 Å². The highest BCUT2D eigenvalue weighted by atomic mass is 16.4. The molecule has 0 amide bonds. The normalized spacial score (nSPS) is 11.3. The molecule has 0 bridgehead atoms. The Morgan fingerprint density at radius 3 is 2.74 bits per heavy atom. The summed E-state index contributed by atoms with van der Waals surface area (Å²) in [6, 6.07) is 7.28. The number of carboxylic acids is 1. The Morgan fingerprint density at radius 2 is 2.11 bits per heavy atom. The van der Waals surface area contributed by atoms with E-state index in [9.17, 15) is 9.90 Å². The minimum absolute atomic E-state index is 0.0161. The molecule has 102 valence electrons. The Kier molecular flexibility index (Phi) is 4.19. The zero-order chi connectivity index (χ0) is 13.8. The molecular formula is C14H17NO4. The predicted octanol–water partition coefficient (Wildman–Crippen LogP) is 1.95. The Balaban J connectivity index is 2.44. The van der Waals surface area contributed by atoms with Gasteiger partial charge in [0.1, 0.15) is 5.58 Å². The number of nitrogens with zero attached hydrogens (tertiary/aromatic N) is 1. The van der Waals surface area contributed by atoms with E-state index in [0.29, 0.717) is 24.2 Å². The Morgan fingerprint density at radius 1 is 1.37 bits per heavy atom. The number of benzene rings is 1. The monoisotopic (exact) mass is 263 g/mol. The number of furan rings is 1. The second-order valence-corrected chi connectivity index (χ2v) is 4.30. The zero-order valence-corrected chi connectivity index (χ0v) is 10.8. The van der Waals surface area contributed by atoms with E-state index in [2.05, 4.69) is 0 Å². The zero-order valence-electron chi connectivity index (χ0n) is 10.8. The number of aliphatic hydroxyl groups excluding tert-OH is 1. The molecule has 5 nitrogen and oxygen atoms in total. The summed E-state index contributed by atoms with van der Waals surface area (Å²) in [5.41, 5.74) is 1.24. The van der Waals surface area contributed by atoms with Crippen LogP contribution in [0, 0.1) is 0 Å². The number of hydrogen-bond donors (Lipinski definition) is 2. The third-order valence-electron chi connectivity index (χ3n) is 3.14. The number of rotatable bonds is 6. The summed E-state index contributed by atoms with van der Waals surface area (Å²) in [6.45, 7) is 3.72. The number of carbonyl (C=O) groups is 1. The molecule has 0 aliphatic carbocycles. The average Bonchev–Trinajstić information content (AvgIpc) is 2.77. The van der Waals surface area contributed by atoms with Crippen LogP contribution in [0.3, 0.4) is 0 Å². The molecule has 1 aromatic carbocycles. The number of para-hydroxylation sites is 1. The van der Waals surface area contributed by atoms with Crippen LogP contribution in [0.25, 0.3) is 11.0 Å². The van der Waals surface area contributed by atoms with E-state index in [-0.39, 0.29) is 12.4 Å². The molecule has 0 unspecified atom stereocenters. The summed E-state index contributed by atoms with van der Waals surface area (Å²) in [6.07, 6.45) is 0. The second kappa shape index (κ2) is 5.86. The third-order valence-corrected chi connectivity index (χ3v) is 3.14. The lowest BCUT2D eigenvalue weighted by Crippen LogP contribution is -2.26. The second-order valence-electron chi connectivity index (χ2n) is 4.30. The van der Waals surface area contributed by atoms with E-state index in [1.54, 1.807) is 6.07 Å². The van der Waals surface area contributed by atoms with Gasteiger partial charge in [0.05, 0.1) is 6.61 Å². The van der Waals surface area contributed by atoms with Crippen molar-refractivity contribution in [1.29, 1.82) is 0 Å². The molecule has 2 aromatic rings. The molecule has 0 aliphatic heterocycles. The summed E-state index contributed by atoms with van der Waals surface area (Å²) in [4.78, 5) is 13.2. The quantitative estimate of drug-likeness (QED) is 0.833. The number of fused-ring (bicyclic) bond motifs is 1. The fraction of sp³-hybridized carbons (Fsp3) is 0.357. The minimum atomic E-state index is -1.06. The summed E-state index contributed by atoms with van der Waals surface area (Å²) >= 11 is 0. The number of aromatic carboxylic acids is 1. The molecule has 19 heavy (non-hydrogen) atoms. The number of likely N-dealkylation sites (N-methyl/N-ethyl adjacent to an activating group) is 1. The van der Waals surface area contributed by atoms with Gasteiger partial charge >= 0.3 is 5.97 Å². The molecule has 1 heterocycles. The molecule has 0 radical (unpaired) electrons. The van der Waals surface area contributed by atoms with E-state index in [4.69, 9.17) is 9.52 Å². The van der Waals surface area contributed by atoms with E-state index in [1.165, 1.54) is 0 Å². The highest BCUT2D eigenvalue weighted by Crippen LogP contribution is 2.27. The molecule has 0 saturated heterocycles. The SMILES string of the molecule is CCN(CCO)Cc1c(C(=O)O)oc2ccccc12. The van der Waals surface area contributed by atoms with Gasteiger partial charge in [0.25, 0.3) is 0 Å². The van der Waals surface area contributed by atoms with Crippen molar-refractivity contribution in [3.8, 4) is 0 Å².